The number of hydrogen-bond acceptors (Lipinski definition) is 4. The van der Waals surface area contributed by atoms with Crippen LogP contribution in [-0.2, 0) is 13.7 Å². The number of likely N-dealkylation sites (tertiary alicyclic amines) is 1. The minimum atomic E-state index is -0.0553. The van der Waals surface area contributed by atoms with Gasteiger partial charge in [-0.2, -0.15) is 0 Å². The number of piperidine rings is 1. The lowest BCUT2D eigenvalue weighted by atomic mass is 9.90. The molecule has 2 aromatic heterocycles. The molecule has 3 aromatic rings. The second-order valence-corrected chi connectivity index (χ2v) is 8.01. The maximum absolute atomic E-state index is 13.3. The molecular formula is C24H28N4O2. The zero-order chi connectivity index (χ0) is 21.3. The molecule has 4 rings (SSSR count). The van der Waals surface area contributed by atoms with Gasteiger partial charge < -0.3 is 14.6 Å². The molecule has 0 atom stereocenters. The van der Waals surface area contributed by atoms with Gasteiger partial charge >= 0.3 is 0 Å². The number of aliphatic hydroxyl groups excluding tert-OH is 1. The molecule has 0 aliphatic carbocycles. The lowest BCUT2D eigenvalue weighted by molar-refractivity contribution is 0.0710. The van der Waals surface area contributed by atoms with Gasteiger partial charge in [-0.3, -0.25) is 4.79 Å². The van der Waals surface area contributed by atoms with Gasteiger partial charge in [-0.15, -0.1) is 0 Å². The van der Waals surface area contributed by atoms with E-state index in [1.807, 2.05) is 50.1 Å². The van der Waals surface area contributed by atoms with Gasteiger partial charge in [0, 0.05) is 49.2 Å². The summed E-state index contributed by atoms with van der Waals surface area (Å²) in [5.41, 5.74) is 5.63. The van der Waals surface area contributed by atoms with Crippen molar-refractivity contribution in [2.75, 3.05) is 13.1 Å². The van der Waals surface area contributed by atoms with Crippen LogP contribution in [0.1, 0.15) is 51.9 Å². The average molecular weight is 405 g/mol. The second kappa shape index (κ2) is 8.40. The zero-order valence-electron chi connectivity index (χ0n) is 17.8. The first-order chi connectivity index (χ1) is 14.5. The molecule has 3 heterocycles. The Morgan fingerprint density at radius 2 is 1.87 bits per heavy atom. The molecule has 0 unspecified atom stereocenters. The Balaban J connectivity index is 1.51. The largest absolute Gasteiger partial charge is 0.392 e. The van der Waals surface area contributed by atoms with Crippen LogP contribution in [0.2, 0.25) is 0 Å². The van der Waals surface area contributed by atoms with Gasteiger partial charge in [0.1, 0.15) is 5.82 Å². The van der Waals surface area contributed by atoms with Crippen molar-refractivity contribution in [1.82, 2.24) is 19.4 Å². The minimum Gasteiger partial charge on any atom is -0.392 e. The normalized spacial score (nSPS) is 14.9. The summed E-state index contributed by atoms with van der Waals surface area (Å²) in [5, 5.41) is 9.63. The molecule has 1 amide bonds. The summed E-state index contributed by atoms with van der Waals surface area (Å²) in [4.78, 5) is 24.0. The lowest BCUT2D eigenvalue weighted by Crippen LogP contribution is -2.38. The van der Waals surface area contributed by atoms with Gasteiger partial charge in [-0.25, -0.2) is 9.97 Å². The number of nitrogens with zero attached hydrogens (tertiary/aromatic N) is 4. The maximum atomic E-state index is 13.3. The third-order valence-electron chi connectivity index (χ3n) is 6.19. The van der Waals surface area contributed by atoms with E-state index in [1.54, 1.807) is 6.20 Å². The van der Waals surface area contributed by atoms with Crippen molar-refractivity contribution >= 4 is 5.91 Å². The molecule has 1 saturated heterocycles. The molecule has 6 nitrogen and oxygen atoms in total. The number of rotatable bonds is 4. The van der Waals surface area contributed by atoms with Crippen molar-refractivity contribution in [3.8, 4) is 11.3 Å². The Morgan fingerprint density at radius 3 is 2.53 bits per heavy atom. The van der Waals surface area contributed by atoms with Crippen molar-refractivity contribution in [3.63, 3.8) is 0 Å². The van der Waals surface area contributed by atoms with Crippen LogP contribution in [-0.4, -0.2) is 43.5 Å². The van der Waals surface area contributed by atoms with E-state index in [9.17, 15) is 9.90 Å². The molecule has 156 valence electrons. The van der Waals surface area contributed by atoms with Gasteiger partial charge in [0.15, 0.2) is 0 Å². The van der Waals surface area contributed by atoms with E-state index in [2.05, 4.69) is 26.7 Å². The van der Waals surface area contributed by atoms with Crippen molar-refractivity contribution in [2.45, 2.75) is 39.2 Å². The van der Waals surface area contributed by atoms with Crippen LogP contribution < -0.4 is 0 Å². The van der Waals surface area contributed by atoms with Crippen LogP contribution >= 0.6 is 0 Å². The van der Waals surface area contributed by atoms with Crippen LogP contribution in [0.25, 0.3) is 11.3 Å². The number of aromatic nitrogens is 3. The molecule has 1 fully saturated rings. The summed E-state index contributed by atoms with van der Waals surface area (Å²) >= 11 is 0. The molecular weight excluding hydrogens is 376 g/mol. The predicted octanol–water partition coefficient (Wildman–Crippen LogP) is 3.61. The number of carbonyl (C=O) groups is 1. The molecule has 0 saturated carbocycles. The molecule has 30 heavy (non-hydrogen) atoms. The first-order valence-corrected chi connectivity index (χ1v) is 10.4. The number of amides is 1. The van der Waals surface area contributed by atoms with E-state index in [1.165, 1.54) is 0 Å². The van der Waals surface area contributed by atoms with Crippen molar-refractivity contribution in [3.05, 3.63) is 70.9 Å². The SMILES string of the molecule is Cc1ncc(CO)c(C2CCN(C(=O)c3cc(-c4ccccc4)n(C)c3C)CC2)n1. The van der Waals surface area contributed by atoms with Crippen molar-refractivity contribution in [2.24, 2.45) is 7.05 Å². The lowest BCUT2D eigenvalue weighted by Gasteiger charge is -2.32. The van der Waals surface area contributed by atoms with E-state index in [-0.39, 0.29) is 18.4 Å². The molecule has 1 aromatic carbocycles. The first kappa shape index (κ1) is 20.3. The summed E-state index contributed by atoms with van der Waals surface area (Å²) in [6.07, 6.45) is 3.40. The van der Waals surface area contributed by atoms with Crippen LogP contribution in [0, 0.1) is 13.8 Å². The highest BCUT2D eigenvalue weighted by molar-refractivity contribution is 5.97. The second-order valence-electron chi connectivity index (χ2n) is 8.01. The van der Waals surface area contributed by atoms with E-state index in [4.69, 9.17) is 0 Å². The zero-order valence-corrected chi connectivity index (χ0v) is 17.8. The molecule has 1 aliphatic rings. The monoisotopic (exact) mass is 404 g/mol. The van der Waals surface area contributed by atoms with Crippen molar-refractivity contribution < 1.29 is 9.90 Å². The summed E-state index contributed by atoms with van der Waals surface area (Å²) in [7, 11) is 2.01. The Kier molecular flexibility index (Phi) is 5.68. The third kappa shape index (κ3) is 3.75. The highest BCUT2D eigenvalue weighted by Crippen LogP contribution is 2.31. The number of carbonyl (C=O) groups excluding carboxylic acids is 1. The predicted molar refractivity (Wildman–Crippen MR) is 116 cm³/mol. The van der Waals surface area contributed by atoms with Gasteiger partial charge in [0.2, 0.25) is 0 Å². The smallest absolute Gasteiger partial charge is 0.255 e. The number of aryl methyl sites for hydroxylation is 1. The van der Waals surface area contributed by atoms with Crippen LogP contribution in [0.3, 0.4) is 0 Å². The number of benzene rings is 1. The summed E-state index contributed by atoms with van der Waals surface area (Å²) in [6.45, 7) is 5.19. The Bertz CT molecular complexity index is 1050. The minimum absolute atomic E-state index is 0.0553. The highest BCUT2D eigenvalue weighted by atomic mass is 16.3. The van der Waals surface area contributed by atoms with Crippen LogP contribution in [0.4, 0.5) is 0 Å². The van der Waals surface area contributed by atoms with E-state index < -0.39 is 0 Å². The quantitative estimate of drug-likeness (QED) is 0.721. The highest BCUT2D eigenvalue weighted by Gasteiger charge is 2.28. The molecule has 0 radical (unpaired) electrons. The van der Waals surface area contributed by atoms with Crippen molar-refractivity contribution in [1.29, 1.82) is 0 Å². The summed E-state index contributed by atoms with van der Waals surface area (Å²) < 4.78 is 2.09. The van der Waals surface area contributed by atoms with E-state index in [0.717, 1.165) is 46.6 Å². The molecule has 1 aliphatic heterocycles. The maximum Gasteiger partial charge on any atom is 0.255 e. The van der Waals surface area contributed by atoms with Crippen LogP contribution in [0.15, 0.2) is 42.6 Å². The topological polar surface area (TPSA) is 71.2 Å². The fourth-order valence-electron chi connectivity index (χ4n) is 4.32. The standard InChI is InChI=1S/C24H28N4O2/c1-16-21(13-22(27(16)3)18-7-5-4-6-8-18)24(30)28-11-9-19(10-12-28)23-20(15-29)14-25-17(2)26-23/h4-8,13-14,19,29H,9-12,15H2,1-3H3. The number of aliphatic hydroxyl groups is 1. The van der Waals surface area contributed by atoms with Gasteiger partial charge in [-0.1, -0.05) is 30.3 Å². The third-order valence-corrected chi connectivity index (χ3v) is 6.19. The number of hydrogen-bond donors (Lipinski definition) is 1. The Hall–Kier alpha value is -2.99. The van der Waals surface area contributed by atoms with Gasteiger partial charge in [0.05, 0.1) is 17.9 Å². The van der Waals surface area contributed by atoms with Gasteiger partial charge in [0.25, 0.3) is 5.91 Å². The summed E-state index contributed by atoms with van der Waals surface area (Å²) in [5.74, 6) is 1.05. The summed E-state index contributed by atoms with van der Waals surface area (Å²) in [6, 6.07) is 12.2. The Labute approximate surface area is 177 Å². The molecule has 0 spiro atoms. The van der Waals surface area contributed by atoms with Gasteiger partial charge in [-0.05, 0) is 38.3 Å². The van der Waals surface area contributed by atoms with E-state index in [0.29, 0.717) is 18.9 Å². The van der Waals surface area contributed by atoms with Crippen LogP contribution in [0.5, 0.6) is 0 Å². The molecule has 1 N–H and O–H groups in total. The fraction of sp³-hybridized carbons (Fsp3) is 0.375. The van der Waals surface area contributed by atoms with E-state index >= 15 is 0 Å². The first-order valence-electron chi connectivity index (χ1n) is 10.4. The Morgan fingerprint density at radius 1 is 1.17 bits per heavy atom. The molecule has 6 heteroatoms. The molecule has 0 bridgehead atoms. The average Bonchev–Trinajstić information content (AvgIpc) is 3.08. The fourth-order valence-corrected chi connectivity index (χ4v) is 4.32.